The van der Waals surface area contributed by atoms with E-state index in [2.05, 4.69) is 23.5 Å². The molecule has 0 spiro atoms. The lowest BCUT2D eigenvalue weighted by atomic mass is 10.1. The van der Waals surface area contributed by atoms with Crippen LogP contribution in [0.1, 0.15) is 10.4 Å². The van der Waals surface area contributed by atoms with Gasteiger partial charge in [-0.25, -0.2) is 4.39 Å². The number of anilines is 1. The summed E-state index contributed by atoms with van der Waals surface area (Å²) in [6.07, 6.45) is 2.58. The third-order valence-electron chi connectivity index (χ3n) is 3.41. The number of halogens is 1. The first-order chi connectivity index (χ1) is 11.0. The molecule has 1 aliphatic rings. The second-order valence-corrected chi connectivity index (χ2v) is 5.02. The van der Waals surface area contributed by atoms with Crippen molar-refractivity contribution in [3.8, 4) is 0 Å². The minimum absolute atomic E-state index is 0.00578. The van der Waals surface area contributed by atoms with Gasteiger partial charge >= 0.3 is 0 Å². The molecule has 2 amide bonds. The van der Waals surface area contributed by atoms with Gasteiger partial charge in [-0.15, -0.1) is 0 Å². The van der Waals surface area contributed by atoms with E-state index in [0.717, 1.165) is 6.07 Å². The molecular weight excluding hydrogens is 299 g/mol. The molecule has 1 saturated heterocycles. The van der Waals surface area contributed by atoms with E-state index in [0.29, 0.717) is 13.1 Å². The molecule has 7 heteroatoms. The van der Waals surface area contributed by atoms with Crippen molar-refractivity contribution in [1.82, 2.24) is 10.2 Å². The number of likely N-dealkylation sites (tertiary alicyclic amines) is 1. The smallest absolute Gasteiger partial charge is 0.270 e. The van der Waals surface area contributed by atoms with Gasteiger partial charge in [0.05, 0.1) is 11.7 Å². The molecule has 0 aromatic heterocycles. The second-order valence-electron chi connectivity index (χ2n) is 5.02. The Morgan fingerprint density at radius 1 is 1.39 bits per heavy atom. The molecule has 0 bridgehead atoms. The molecular formula is C16H17FN4O2. The summed E-state index contributed by atoms with van der Waals surface area (Å²) in [5.41, 5.74) is 5.76. The van der Waals surface area contributed by atoms with Gasteiger partial charge in [-0.2, -0.15) is 0 Å². The predicted octanol–water partition coefficient (Wildman–Crippen LogP) is 1.12. The first kappa shape index (κ1) is 16.4. The predicted molar refractivity (Wildman–Crippen MR) is 86.5 cm³/mol. The van der Waals surface area contributed by atoms with Crippen molar-refractivity contribution in [2.24, 2.45) is 4.99 Å². The van der Waals surface area contributed by atoms with Crippen molar-refractivity contribution >= 4 is 23.2 Å². The highest BCUT2D eigenvalue weighted by Gasteiger charge is 2.32. The largest absolute Gasteiger partial charge is 0.396 e. The van der Waals surface area contributed by atoms with Crippen LogP contribution >= 0.6 is 0 Å². The van der Waals surface area contributed by atoms with Gasteiger partial charge in [0.1, 0.15) is 11.5 Å². The number of carbonyl (C=O) groups is 2. The number of nitrogens with zero attached hydrogens (tertiary/aromatic N) is 2. The maximum absolute atomic E-state index is 13.4. The number of rotatable bonds is 5. The number of amides is 2. The lowest BCUT2D eigenvalue weighted by Gasteiger charge is -2.39. The van der Waals surface area contributed by atoms with E-state index in [1.165, 1.54) is 29.3 Å². The minimum Gasteiger partial charge on any atom is -0.396 e. The van der Waals surface area contributed by atoms with Gasteiger partial charge in [0.2, 0.25) is 0 Å². The molecule has 0 atom stereocenters. The van der Waals surface area contributed by atoms with E-state index >= 15 is 0 Å². The van der Waals surface area contributed by atoms with Crippen LogP contribution in [0, 0.1) is 5.82 Å². The van der Waals surface area contributed by atoms with Gasteiger partial charge in [0.15, 0.2) is 0 Å². The Kier molecular flexibility index (Phi) is 4.90. The highest BCUT2D eigenvalue weighted by molar-refractivity contribution is 6.43. The van der Waals surface area contributed by atoms with Gasteiger partial charge in [0, 0.05) is 24.9 Å². The summed E-state index contributed by atoms with van der Waals surface area (Å²) in [7, 11) is 0. The average Bonchev–Trinajstić information content (AvgIpc) is 2.49. The Bertz CT molecular complexity index is 693. The van der Waals surface area contributed by atoms with Crippen LogP contribution in [0.15, 0.2) is 48.6 Å². The molecule has 6 nitrogen and oxygen atoms in total. The van der Waals surface area contributed by atoms with E-state index in [1.54, 1.807) is 0 Å². The van der Waals surface area contributed by atoms with Crippen LogP contribution in [0.4, 0.5) is 10.1 Å². The highest BCUT2D eigenvalue weighted by atomic mass is 19.1. The zero-order valence-electron chi connectivity index (χ0n) is 12.5. The lowest BCUT2D eigenvalue weighted by molar-refractivity contribution is -0.116. The molecule has 0 radical (unpaired) electrons. The monoisotopic (exact) mass is 316 g/mol. The Morgan fingerprint density at radius 3 is 2.65 bits per heavy atom. The van der Waals surface area contributed by atoms with Gasteiger partial charge < -0.3 is 16.0 Å². The average molecular weight is 316 g/mol. The molecule has 2 rings (SSSR count). The van der Waals surface area contributed by atoms with Gasteiger partial charge in [-0.05, 0) is 24.3 Å². The van der Waals surface area contributed by atoms with Crippen molar-refractivity contribution in [1.29, 1.82) is 0 Å². The summed E-state index contributed by atoms with van der Waals surface area (Å²) in [6, 6.07) is 3.75. The van der Waals surface area contributed by atoms with Crippen LogP contribution in [-0.4, -0.2) is 41.6 Å². The fraction of sp³-hybridized carbons (Fsp3) is 0.188. The molecule has 1 fully saturated rings. The Labute approximate surface area is 133 Å². The SMILES string of the molecule is C=CN=C(C=C)C(=O)NC1CN(C(=O)c2ccc(N)c(F)c2)C1. The fourth-order valence-electron chi connectivity index (χ4n) is 2.14. The Morgan fingerprint density at radius 2 is 2.09 bits per heavy atom. The van der Waals surface area contributed by atoms with E-state index in [9.17, 15) is 14.0 Å². The summed E-state index contributed by atoms with van der Waals surface area (Å²) in [4.78, 5) is 29.3. The summed E-state index contributed by atoms with van der Waals surface area (Å²) in [6.45, 7) is 7.60. The van der Waals surface area contributed by atoms with E-state index in [-0.39, 0.29) is 34.8 Å². The highest BCUT2D eigenvalue weighted by Crippen LogP contribution is 2.17. The molecule has 120 valence electrons. The zero-order chi connectivity index (χ0) is 17.0. The number of nitrogen functional groups attached to an aromatic ring is 1. The minimum atomic E-state index is -0.627. The molecule has 23 heavy (non-hydrogen) atoms. The molecule has 0 unspecified atom stereocenters. The quantitative estimate of drug-likeness (QED) is 0.630. The van der Waals surface area contributed by atoms with E-state index in [4.69, 9.17) is 5.73 Å². The number of nitrogens with two attached hydrogens (primary N) is 1. The van der Waals surface area contributed by atoms with Crippen LogP contribution in [0.5, 0.6) is 0 Å². The summed E-state index contributed by atoms with van der Waals surface area (Å²) < 4.78 is 13.4. The second kappa shape index (κ2) is 6.87. The maximum Gasteiger partial charge on any atom is 0.270 e. The van der Waals surface area contributed by atoms with Crippen molar-refractivity contribution in [3.05, 3.63) is 55.0 Å². The number of hydrogen-bond acceptors (Lipinski definition) is 4. The molecule has 1 aromatic carbocycles. The standard InChI is InChI=1S/C16H17FN4O2/c1-3-14(19-4-2)15(22)20-11-8-21(9-11)16(23)10-5-6-13(18)12(17)7-10/h3-7,11H,1-2,8-9,18H2,(H,20,22). The van der Waals surface area contributed by atoms with Crippen LogP contribution in [0.25, 0.3) is 0 Å². The van der Waals surface area contributed by atoms with Crippen molar-refractivity contribution in [2.75, 3.05) is 18.8 Å². The first-order valence-corrected chi connectivity index (χ1v) is 6.92. The molecule has 3 N–H and O–H groups in total. The third-order valence-corrected chi connectivity index (χ3v) is 3.41. The molecule has 1 aromatic rings. The number of carbonyl (C=O) groups excluding carboxylic acids is 2. The van der Waals surface area contributed by atoms with Gasteiger partial charge in [-0.3, -0.25) is 14.6 Å². The molecule has 0 saturated carbocycles. The fourth-order valence-corrected chi connectivity index (χ4v) is 2.14. The van der Waals surface area contributed by atoms with Gasteiger partial charge in [-0.1, -0.05) is 13.2 Å². The number of nitrogens with one attached hydrogen (secondary N) is 1. The van der Waals surface area contributed by atoms with Crippen molar-refractivity contribution in [3.63, 3.8) is 0 Å². The number of hydrogen-bond donors (Lipinski definition) is 2. The number of aliphatic imine (C=N–C) groups is 1. The molecule has 0 aliphatic carbocycles. The summed E-state index contributed by atoms with van der Waals surface area (Å²) in [5.74, 6) is -1.31. The normalized spacial score (nSPS) is 14.8. The van der Waals surface area contributed by atoms with Crippen molar-refractivity contribution in [2.45, 2.75) is 6.04 Å². The molecule has 1 aliphatic heterocycles. The van der Waals surface area contributed by atoms with E-state index < -0.39 is 5.82 Å². The number of benzene rings is 1. The zero-order valence-corrected chi connectivity index (χ0v) is 12.5. The topological polar surface area (TPSA) is 87.8 Å². The third kappa shape index (κ3) is 3.63. The van der Waals surface area contributed by atoms with Crippen LogP contribution in [0.3, 0.4) is 0 Å². The Hall–Kier alpha value is -2.96. The van der Waals surface area contributed by atoms with Crippen molar-refractivity contribution < 1.29 is 14.0 Å². The van der Waals surface area contributed by atoms with Crippen LogP contribution in [0.2, 0.25) is 0 Å². The lowest BCUT2D eigenvalue weighted by Crippen LogP contribution is -2.61. The molecule has 1 heterocycles. The van der Waals surface area contributed by atoms with E-state index in [1.807, 2.05) is 0 Å². The first-order valence-electron chi connectivity index (χ1n) is 6.92. The Balaban J connectivity index is 1.91. The van der Waals surface area contributed by atoms with Crippen LogP contribution in [-0.2, 0) is 4.79 Å². The van der Waals surface area contributed by atoms with Crippen LogP contribution < -0.4 is 11.1 Å². The summed E-state index contributed by atoms with van der Waals surface area (Å²) >= 11 is 0. The maximum atomic E-state index is 13.4. The summed E-state index contributed by atoms with van der Waals surface area (Å²) in [5, 5.41) is 2.73. The van der Waals surface area contributed by atoms with Gasteiger partial charge in [0.25, 0.3) is 11.8 Å².